The Morgan fingerprint density at radius 3 is 2.53 bits per heavy atom. The summed E-state index contributed by atoms with van der Waals surface area (Å²) in [4.78, 5) is 0. The number of piperazine rings is 1. The van der Waals surface area contributed by atoms with Crippen molar-refractivity contribution in [2.24, 2.45) is 0 Å². The van der Waals surface area contributed by atoms with Gasteiger partial charge in [-0.15, -0.1) is 0 Å². The monoisotopic (exact) mass is 281 g/mol. The lowest BCUT2D eigenvalue weighted by Crippen LogP contribution is -2.51. The van der Waals surface area contributed by atoms with E-state index in [0.717, 1.165) is 19.5 Å². The minimum atomic E-state index is -3.32. The van der Waals surface area contributed by atoms with Crippen molar-refractivity contribution < 1.29 is 8.42 Å². The molecule has 0 bridgehead atoms. The van der Waals surface area contributed by atoms with Crippen LogP contribution in [0, 0.1) is 0 Å². The normalized spacial score (nSPS) is 28.2. The van der Waals surface area contributed by atoms with E-state index in [0.29, 0.717) is 19.0 Å². The molecule has 0 spiro atoms. The van der Waals surface area contributed by atoms with E-state index in [1.807, 2.05) is 18.2 Å². The van der Waals surface area contributed by atoms with Crippen molar-refractivity contribution in [1.29, 1.82) is 0 Å². The summed E-state index contributed by atoms with van der Waals surface area (Å²) < 4.78 is 28.8. The van der Waals surface area contributed by atoms with Crippen molar-refractivity contribution in [1.82, 2.24) is 14.3 Å². The van der Waals surface area contributed by atoms with Crippen molar-refractivity contribution in [3.8, 4) is 0 Å². The molecule has 1 aliphatic carbocycles. The highest BCUT2D eigenvalue weighted by atomic mass is 32.2. The second kappa shape index (κ2) is 5.20. The molecule has 6 heteroatoms. The summed E-state index contributed by atoms with van der Waals surface area (Å²) in [5.74, 6) is 0.332. The van der Waals surface area contributed by atoms with Gasteiger partial charge in [-0.2, -0.15) is 17.4 Å². The molecule has 0 aromatic heterocycles. The van der Waals surface area contributed by atoms with E-state index >= 15 is 0 Å². The van der Waals surface area contributed by atoms with Gasteiger partial charge in [0.05, 0.1) is 0 Å². The summed E-state index contributed by atoms with van der Waals surface area (Å²) in [6.45, 7) is 2.57. The van der Waals surface area contributed by atoms with Crippen molar-refractivity contribution in [2.45, 2.75) is 18.4 Å². The first-order chi connectivity index (χ1) is 9.17. The maximum Gasteiger partial charge on any atom is 0.279 e. The predicted molar refractivity (Wildman–Crippen MR) is 74.1 cm³/mol. The van der Waals surface area contributed by atoms with Crippen LogP contribution in [0.1, 0.15) is 17.9 Å². The Morgan fingerprint density at radius 1 is 1.16 bits per heavy atom. The second-order valence-electron chi connectivity index (χ2n) is 5.13. The summed E-state index contributed by atoms with van der Waals surface area (Å²) in [5.41, 5.74) is 1.22. The van der Waals surface area contributed by atoms with E-state index in [4.69, 9.17) is 0 Å². The van der Waals surface area contributed by atoms with Crippen LogP contribution in [0.4, 0.5) is 0 Å². The molecule has 1 saturated carbocycles. The molecule has 1 aliphatic heterocycles. The molecule has 0 radical (unpaired) electrons. The summed E-state index contributed by atoms with van der Waals surface area (Å²) in [6.07, 6.45) is 0.898. The number of hydrogen-bond donors (Lipinski definition) is 2. The smallest absolute Gasteiger partial charge is 0.279 e. The summed E-state index contributed by atoms with van der Waals surface area (Å²) in [6, 6.07) is 10.1. The third-order valence-electron chi connectivity index (χ3n) is 3.73. The molecule has 1 heterocycles. The molecular weight excluding hydrogens is 262 g/mol. The Balaban J connectivity index is 1.61. The first-order valence-corrected chi connectivity index (χ1v) is 8.14. The zero-order valence-electron chi connectivity index (χ0n) is 10.7. The molecule has 2 atom stereocenters. The summed E-state index contributed by atoms with van der Waals surface area (Å²) in [5, 5.41) is 3.16. The Bertz CT molecular complexity index is 526. The zero-order valence-corrected chi connectivity index (χ0v) is 11.6. The van der Waals surface area contributed by atoms with Crippen LogP contribution in [0.2, 0.25) is 0 Å². The van der Waals surface area contributed by atoms with Crippen LogP contribution in [0.25, 0.3) is 0 Å². The van der Waals surface area contributed by atoms with Crippen molar-refractivity contribution in [3.63, 3.8) is 0 Å². The van der Waals surface area contributed by atoms with Gasteiger partial charge in [-0.3, -0.25) is 0 Å². The van der Waals surface area contributed by atoms with Gasteiger partial charge in [0.2, 0.25) is 0 Å². The quantitative estimate of drug-likeness (QED) is 0.833. The van der Waals surface area contributed by atoms with Gasteiger partial charge in [0.25, 0.3) is 10.2 Å². The minimum absolute atomic E-state index is 0.0577. The number of benzene rings is 1. The van der Waals surface area contributed by atoms with E-state index in [1.54, 1.807) is 0 Å². The first-order valence-electron chi connectivity index (χ1n) is 6.70. The van der Waals surface area contributed by atoms with E-state index < -0.39 is 10.2 Å². The number of nitrogens with zero attached hydrogens (tertiary/aromatic N) is 1. The molecular formula is C13H19N3O2S. The minimum Gasteiger partial charge on any atom is -0.314 e. The van der Waals surface area contributed by atoms with E-state index in [2.05, 4.69) is 22.2 Å². The molecule has 19 heavy (non-hydrogen) atoms. The molecule has 2 unspecified atom stereocenters. The highest BCUT2D eigenvalue weighted by Gasteiger charge is 2.42. The lowest BCUT2D eigenvalue weighted by Gasteiger charge is -2.26. The van der Waals surface area contributed by atoms with Crippen LogP contribution in [0.3, 0.4) is 0 Å². The number of nitrogens with one attached hydrogen (secondary N) is 2. The largest absolute Gasteiger partial charge is 0.314 e. The number of hydrogen-bond acceptors (Lipinski definition) is 3. The Hall–Kier alpha value is -0.950. The van der Waals surface area contributed by atoms with Gasteiger partial charge < -0.3 is 5.32 Å². The average Bonchev–Trinajstić information content (AvgIpc) is 3.19. The van der Waals surface area contributed by atoms with Crippen molar-refractivity contribution in [3.05, 3.63) is 35.9 Å². The fourth-order valence-electron chi connectivity index (χ4n) is 2.54. The topological polar surface area (TPSA) is 61.4 Å². The Labute approximate surface area is 114 Å². The highest BCUT2D eigenvalue weighted by molar-refractivity contribution is 7.87. The lowest BCUT2D eigenvalue weighted by atomic mass is 10.1. The molecule has 1 aromatic carbocycles. The van der Waals surface area contributed by atoms with Crippen LogP contribution in [0.5, 0.6) is 0 Å². The first kappa shape index (κ1) is 13.1. The van der Waals surface area contributed by atoms with E-state index in [9.17, 15) is 8.42 Å². The van der Waals surface area contributed by atoms with E-state index in [1.165, 1.54) is 9.87 Å². The standard InChI is InChI=1S/C13H19N3O2S/c17-19(18,16-8-6-14-7-9-16)15-13-10-12(13)11-4-2-1-3-5-11/h1-5,12-15H,6-10H2. The molecule has 1 aromatic rings. The van der Waals surface area contributed by atoms with Crippen molar-refractivity contribution in [2.75, 3.05) is 26.2 Å². The molecule has 1 saturated heterocycles. The lowest BCUT2D eigenvalue weighted by molar-refractivity contribution is 0.354. The summed E-state index contributed by atoms with van der Waals surface area (Å²) >= 11 is 0. The van der Waals surface area contributed by atoms with E-state index in [-0.39, 0.29) is 6.04 Å². The van der Waals surface area contributed by atoms with Crippen LogP contribution in [-0.2, 0) is 10.2 Å². The van der Waals surface area contributed by atoms with Gasteiger partial charge in [-0.05, 0) is 12.0 Å². The fraction of sp³-hybridized carbons (Fsp3) is 0.538. The molecule has 0 amide bonds. The maximum absolute atomic E-state index is 12.2. The van der Waals surface area contributed by atoms with Crippen molar-refractivity contribution >= 4 is 10.2 Å². The molecule has 3 rings (SSSR count). The second-order valence-corrected chi connectivity index (χ2v) is 6.83. The highest BCUT2D eigenvalue weighted by Crippen LogP contribution is 2.41. The van der Waals surface area contributed by atoms with Gasteiger partial charge in [0.15, 0.2) is 0 Å². The van der Waals surface area contributed by atoms with Gasteiger partial charge in [-0.1, -0.05) is 30.3 Å². The molecule has 2 fully saturated rings. The third kappa shape index (κ3) is 2.97. The van der Waals surface area contributed by atoms with Gasteiger partial charge in [0, 0.05) is 38.1 Å². The van der Waals surface area contributed by atoms with Gasteiger partial charge >= 0.3 is 0 Å². The van der Waals surface area contributed by atoms with Crippen LogP contribution < -0.4 is 10.0 Å². The summed E-state index contributed by atoms with van der Waals surface area (Å²) in [7, 11) is -3.32. The van der Waals surface area contributed by atoms with Gasteiger partial charge in [0.1, 0.15) is 0 Å². The zero-order chi connectivity index (χ0) is 13.3. The Morgan fingerprint density at radius 2 is 1.84 bits per heavy atom. The SMILES string of the molecule is O=S(=O)(NC1CC1c1ccccc1)N1CCNCC1. The molecule has 2 aliphatic rings. The predicted octanol–water partition coefficient (Wildman–Crippen LogP) is 0.282. The van der Waals surface area contributed by atoms with Crippen LogP contribution in [0.15, 0.2) is 30.3 Å². The molecule has 104 valence electrons. The average molecular weight is 281 g/mol. The van der Waals surface area contributed by atoms with Crippen LogP contribution in [-0.4, -0.2) is 44.9 Å². The molecule has 2 N–H and O–H groups in total. The fourth-order valence-corrected chi connectivity index (χ4v) is 4.00. The van der Waals surface area contributed by atoms with Crippen LogP contribution >= 0.6 is 0 Å². The number of rotatable bonds is 4. The third-order valence-corrected chi connectivity index (χ3v) is 5.38. The Kier molecular flexibility index (Phi) is 3.58. The maximum atomic E-state index is 12.2. The molecule has 5 nitrogen and oxygen atoms in total. The van der Waals surface area contributed by atoms with Gasteiger partial charge in [-0.25, -0.2) is 0 Å².